The Labute approximate surface area is 196 Å². The molecule has 5 nitrogen and oxygen atoms in total. The van der Waals surface area contributed by atoms with Gasteiger partial charge in [-0.25, -0.2) is 4.98 Å². The third-order valence-corrected chi connectivity index (χ3v) is 6.30. The van der Waals surface area contributed by atoms with E-state index in [0.29, 0.717) is 22.3 Å². The smallest absolute Gasteiger partial charge is 0.173 e. The maximum absolute atomic E-state index is 6.41. The molecule has 0 radical (unpaired) electrons. The van der Waals surface area contributed by atoms with E-state index in [9.17, 15) is 0 Å². The minimum atomic E-state index is 0.547. The van der Waals surface area contributed by atoms with Crippen LogP contribution >= 0.6 is 23.4 Å². The van der Waals surface area contributed by atoms with Crippen LogP contribution in [0.2, 0.25) is 5.02 Å². The summed E-state index contributed by atoms with van der Waals surface area (Å²) in [6.45, 7) is 0. The largest absolute Gasteiger partial charge is 0.495 e. The van der Waals surface area contributed by atoms with E-state index >= 15 is 0 Å². The molecule has 0 atom stereocenters. The first kappa shape index (κ1) is 22.1. The van der Waals surface area contributed by atoms with Gasteiger partial charge in [-0.05, 0) is 42.0 Å². The van der Waals surface area contributed by atoms with Crippen LogP contribution in [0.5, 0.6) is 17.2 Å². The molecule has 0 unspecified atom stereocenters. The number of rotatable bonds is 8. The van der Waals surface area contributed by atoms with Gasteiger partial charge in [0.25, 0.3) is 0 Å². The first-order valence-corrected chi connectivity index (χ1v) is 11.3. The number of hydrogen-bond donors (Lipinski definition) is 0. The quantitative estimate of drug-likeness (QED) is 0.277. The second-order valence-corrected chi connectivity index (χ2v) is 8.29. The Morgan fingerprint density at radius 1 is 0.844 bits per heavy atom. The zero-order valence-corrected chi connectivity index (χ0v) is 19.6. The lowest BCUT2D eigenvalue weighted by Gasteiger charge is -2.10. The fourth-order valence-corrected chi connectivity index (χ4v) is 4.51. The summed E-state index contributed by atoms with van der Waals surface area (Å²) in [6.07, 6.45) is 2.01. The molecule has 0 bridgehead atoms. The molecule has 0 aliphatic rings. The number of methoxy groups -OCH3 is 3. The lowest BCUT2D eigenvalue weighted by atomic mass is 10.1. The van der Waals surface area contributed by atoms with E-state index in [4.69, 9.17) is 30.8 Å². The van der Waals surface area contributed by atoms with Crippen molar-refractivity contribution in [2.24, 2.45) is 0 Å². The van der Waals surface area contributed by atoms with Crippen LogP contribution < -0.4 is 14.2 Å². The highest BCUT2D eigenvalue weighted by atomic mass is 35.5. The van der Waals surface area contributed by atoms with E-state index in [1.807, 2.05) is 65.4 Å². The summed E-state index contributed by atoms with van der Waals surface area (Å²) in [5, 5.41) is 1.41. The van der Waals surface area contributed by atoms with Gasteiger partial charge in [-0.2, -0.15) is 0 Å². The molecule has 0 aliphatic carbocycles. The third-order valence-electron chi connectivity index (χ3n) is 4.98. The minimum Gasteiger partial charge on any atom is -0.495 e. The van der Waals surface area contributed by atoms with Gasteiger partial charge in [0, 0.05) is 23.2 Å². The van der Waals surface area contributed by atoms with Crippen molar-refractivity contribution in [3.05, 3.63) is 83.5 Å². The minimum absolute atomic E-state index is 0.547. The number of halogens is 1. The van der Waals surface area contributed by atoms with E-state index in [1.165, 1.54) is 5.56 Å². The van der Waals surface area contributed by atoms with Gasteiger partial charge in [-0.1, -0.05) is 53.7 Å². The van der Waals surface area contributed by atoms with Crippen LogP contribution in [0.15, 0.2) is 78.1 Å². The van der Waals surface area contributed by atoms with Gasteiger partial charge in [0.15, 0.2) is 16.7 Å². The number of ether oxygens (including phenoxy) is 3. The molecular weight excluding hydrogens is 444 g/mol. The van der Waals surface area contributed by atoms with Crippen molar-refractivity contribution in [1.29, 1.82) is 0 Å². The van der Waals surface area contributed by atoms with Crippen LogP contribution in [0.25, 0.3) is 16.9 Å². The van der Waals surface area contributed by atoms with Gasteiger partial charge in [0.05, 0.1) is 32.0 Å². The van der Waals surface area contributed by atoms with E-state index < -0.39 is 0 Å². The highest BCUT2D eigenvalue weighted by Gasteiger charge is 2.15. The molecule has 0 saturated heterocycles. The Kier molecular flexibility index (Phi) is 6.93. The summed E-state index contributed by atoms with van der Waals surface area (Å²) in [6, 6.07) is 21.8. The van der Waals surface area contributed by atoms with Crippen molar-refractivity contribution in [2.45, 2.75) is 10.9 Å². The maximum Gasteiger partial charge on any atom is 0.173 e. The highest BCUT2D eigenvalue weighted by molar-refractivity contribution is 7.98. The summed E-state index contributed by atoms with van der Waals surface area (Å²) in [4.78, 5) is 4.93. The van der Waals surface area contributed by atoms with Crippen LogP contribution in [-0.2, 0) is 5.75 Å². The number of nitrogens with zero attached hydrogens (tertiary/aromatic N) is 2. The van der Waals surface area contributed by atoms with E-state index in [-0.39, 0.29) is 0 Å². The van der Waals surface area contributed by atoms with Gasteiger partial charge in [-0.15, -0.1) is 0 Å². The molecule has 0 aliphatic heterocycles. The van der Waals surface area contributed by atoms with Crippen LogP contribution in [0, 0.1) is 0 Å². The monoisotopic (exact) mass is 466 g/mol. The fourth-order valence-electron chi connectivity index (χ4n) is 3.31. The van der Waals surface area contributed by atoms with Crippen LogP contribution in [-0.4, -0.2) is 30.9 Å². The first-order chi connectivity index (χ1) is 15.6. The summed E-state index contributed by atoms with van der Waals surface area (Å²) in [5.74, 6) is 2.77. The van der Waals surface area contributed by atoms with Crippen LogP contribution in [0.3, 0.4) is 0 Å². The zero-order chi connectivity index (χ0) is 22.5. The summed E-state index contributed by atoms with van der Waals surface area (Å²) < 4.78 is 18.2. The summed E-state index contributed by atoms with van der Waals surface area (Å²) >= 11 is 8.07. The van der Waals surface area contributed by atoms with Crippen LogP contribution in [0.1, 0.15) is 5.56 Å². The van der Waals surface area contributed by atoms with Crippen molar-refractivity contribution >= 4 is 23.4 Å². The SMILES string of the molecule is COc1ccc(-n2cc(-c3ccc(OC)c(OC)c3)nc2SCc2ccccc2)cc1Cl. The van der Waals surface area contributed by atoms with Gasteiger partial charge in [0.2, 0.25) is 0 Å². The molecule has 1 aromatic heterocycles. The van der Waals surface area contributed by atoms with Crippen molar-refractivity contribution in [2.75, 3.05) is 21.3 Å². The molecule has 7 heteroatoms. The normalized spacial score (nSPS) is 10.8. The predicted molar refractivity (Wildman–Crippen MR) is 130 cm³/mol. The van der Waals surface area contributed by atoms with Gasteiger partial charge in [0.1, 0.15) is 5.75 Å². The lowest BCUT2D eigenvalue weighted by molar-refractivity contribution is 0.355. The average molecular weight is 467 g/mol. The molecule has 0 saturated carbocycles. The molecule has 32 heavy (non-hydrogen) atoms. The summed E-state index contributed by atoms with van der Waals surface area (Å²) in [5.41, 5.74) is 3.90. The van der Waals surface area contributed by atoms with E-state index in [1.54, 1.807) is 33.1 Å². The van der Waals surface area contributed by atoms with Crippen molar-refractivity contribution in [3.8, 4) is 34.2 Å². The third kappa shape index (κ3) is 4.71. The average Bonchev–Trinajstić information content (AvgIpc) is 3.27. The molecular formula is C25H23ClN2O3S. The summed E-state index contributed by atoms with van der Waals surface area (Å²) in [7, 11) is 4.85. The van der Waals surface area contributed by atoms with Crippen LogP contribution in [0.4, 0.5) is 0 Å². The second-order valence-electron chi connectivity index (χ2n) is 6.94. The number of hydrogen-bond acceptors (Lipinski definition) is 5. The number of thioether (sulfide) groups is 1. The molecule has 164 valence electrons. The molecule has 0 amide bonds. The second kappa shape index (κ2) is 10.0. The highest BCUT2D eigenvalue weighted by Crippen LogP contribution is 2.35. The molecule has 3 aromatic carbocycles. The van der Waals surface area contributed by atoms with Gasteiger partial charge in [-0.3, -0.25) is 4.57 Å². The van der Waals surface area contributed by atoms with E-state index in [2.05, 4.69) is 12.1 Å². The molecule has 0 N–H and O–H groups in total. The number of imidazole rings is 1. The molecule has 1 heterocycles. The zero-order valence-electron chi connectivity index (χ0n) is 18.0. The van der Waals surface area contributed by atoms with Gasteiger partial charge < -0.3 is 14.2 Å². The van der Waals surface area contributed by atoms with Crippen molar-refractivity contribution in [3.63, 3.8) is 0 Å². The Bertz CT molecular complexity index is 1210. The fraction of sp³-hybridized carbons (Fsp3) is 0.160. The Morgan fingerprint density at radius 2 is 1.56 bits per heavy atom. The predicted octanol–water partition coefficient (Wildman–Crippen LogP) is 6.51. The standard InChI is InChI=1S/C25H23ClN2O3S/c1-29-22-12-10-19(14-20(22)26)28-15-21(18-9-11-23(30-2)24(13-18)31-3)27-25(28)32-16-17-7-5-4-6-8-17/h4-15H,16H2,1-3H3. The molecule has 0 fully saturated rings. The Hall–Kier alpha value is -3.09. The molecule has 0 spiro atoms. The number of benzene rings is 3. The Morgan fingerprint density at radius 3 is 2.25 bits per heavy atom. The van der Waals surface area contributed by atoms with Crippen molar-refractivity contribution < 1.29 is 14.2 Å². The topological polar surface area (TPSA) is 45.5 Å². The van der Waals surface area contributed by atoms with Gasteiger partial charge >= 0.3 is 0 Å². The molecule has 4 aromatic rings. The maximum atomic E-state index is 6.41. The molecule has 4 rings (SSSR count). The van der Waals surface area contributed by atoms with E-state index in [0.717, 1.165) is 27.9 Å². The first-order valence-electron chi connectivity index (χ1n) is 9.95. The lowest BCUT2D eigenvalue weighted by Crippen LogP contribution is -1.96. The Balaban J connectivity index is 1.75. The number of aromatic nitrogens is 2. The van der Waals surface area contributed by atoms with Crippen molar-refractivity contribution in [1.82, 2.24) is 9.55 Å².